The molecule has 1 aliphatic rings. The Balaban J connectivity index is 2.15. The molecular weight excluding hydrogens is 234 g/mol. The van der Waals surface area contributed by atoms with E-state index in [4.69, 9.17) is 11.6 Å². The molecular formula is C14H18ClNO. The molecule has 1 amide bonds. The van der Waals surface area contributed by atoms with E-state index in [1.54, 1.807) is 0 Å². The van der Waals surface area contributed by atoms with Crippen LogP contribution >= 0.6 is 11.6 Å². The van der Waals surface area contributed by atoms with Crippen LogP contribution in [0.2, 0.25) is 5.02 Å². The number of hydrogen-bond donors (Lipinski definition) is 1. The largest absolute Gasteiger partial charge is 0.324 e. The van der Waals surface area contributed by atoms with Gasteiger partial charge in [0.25, 0.3) is 0 Å². The van der Waals surface area contributed by atoms with Gasteiger partial charge in [0, 0.05) is 5.92 Å². The van der Waals surface area contributed by atoms with Crippen molar-refractivity contribution >= 4 is 23.2 Å². The average molecular weight is 252 g/mol. The fourth-order valence-electron chi connectivity index (χ4n) is 2.49. The molecule has 1 saturated carbocycles. The normalized spacial score (nSPS) is 16.2. The maximum atomic E-state index is 12.0. The minimum atomic E-state index is 0.122. The molecule has 1 aromatic carbocycles. The highest BCUT2D eigenvalue weighted by Crippen LogP contribution is 2.30. The molecule has 0 spiro atoms. The van der Waals surface area contributed by atoms with Crippen LogP contribution in [-0.2, 0) is 4.79 Å². The Morgan fingerprint density at radius 2 is 1.94 bits per heavy atom. The van der Waals surface area contributed by atoms with Gasteiger partial charge in [-0.05, 0) is 43.9 Å². The van der Waals surface area contributed by atoms with E-state index in [-0.39, 0.29) is 11.8 Å². The van der Waals surface area contributed by atoms with Crippen molar-refractivity contribution in [1.82, 2.24) is 0 Å². The standard InChI is InChI=1S/C14H18ClNO/c1-9-7-10(2)13(12(15)8-9)16-14(17)11-5-3-4-6-11/h7-8,11H,3-6H2,1-2H3,(H,16,17). The second kappa shape index (κ2) is 5.09. The SMILES string of the molecule is Cc1cc(C)c(NC(=O)C2CCCC2)c(Cl)c1. The van der Waals surface area contributed by atoms with Crippen molar-refractivity contribution in [3.8, 4) is 0 Å². The summed E-state index contributed by atoms with van der Waals surface area (Å²) in [7, 11) is 0. The Bertz CT molecular complexity index is 413. The quantitative estimate of drug-likeness (QED) is 0.843. The Labute approximate surface area is 107 Å². The summed E-state index contributed by atoms with van der Waals surface area (Å²) in [6.45, 7) is 3.98. The van der Waals surface area contributed by atoms with Crippen LogP contribution in [-0.4, -0.2) is 5.91 Å². The average Bonchev–Trinajstić information content (AvgIpc) is 2.76. The van der Waals surface area contributed by atoms with Crippen LogP contribution in [0.3, 0.4) is 0 Å². The van der Waals surface area contributed by atoms with E-state index in [2.05, 4.69) is 5.32 Å². The predicted octanol–water partition coefficient (Wildman–Crippen LogP) is 4.09. The summed E-state index contributed by atoms with van der Waals surface area (Å²) in [5.41, 5.74) is 2.92. The first kappa shape index (κ1) is 12.4. The molecule has 0 saturated heterocycles. The third-order valence-electron chi connectivity index (χ3n) is 3.41. The molecule has 0 aliphatic heterocycles. The van der Waals surface area contributed by atoms with Gasteiger partial charge in [-0.3, -0.25) is 4.79 Å². The molecule has 3 heteroatoms. The Kier molecular flexibility index (Phi) is 3.72. The lowest BCUT2D eigenvalue weighted by Gasteiger charge is -2.14. The van der Waals surface area contributed by atoms with Gasteiger partial charge >= 0.3 is 0 Å². The molecule has 1 N–H and O–H groups in total. The smallest absolute Gasteiger partial charge is 0.227 e. The first-order valence-corrected chi connectivity index (χ1v) is 6.53. The van der Waals surface area contributed by atoms with Gasteiger partial charge < -0.3 is 5.32 Å². The highest BCUT2D eigenvalue weighted by Gasteiger charge is 2.23. The zero-order valence-corrected chi connectivity index (χ0v) is 11.1. The predicted molar refractivity (Wildman–Crippen MR) is 71.5 cm³/mol. The molecule has 0 unspecified atom stereocenters. The molecule has 0 atom stereocenters. The summed E-state index contributed by atoms with van der Waals surface area (Å²) in [4.78, 5) is 12.0. The van der Waals surface area contributed by atoms with E-state index < -0.39 is 0 Å². The molecule has 1 aliphatic carbocycles. The number of aryl methyl sites for hydroxylation is 2. The number of amides is 1. The van der Waals surface area contributed by atoms with Gasteiger partial charge in [0.1, 0.15) is 0 Å². The maximum absolute atomic E-state index is 12.0. The van der Waals surface area contributed by atoms with E-state index in [1.807, 2.05) is 26.0 Å². The highest BCUT2D eigenvalue weighted by molar-refractivity contribution is 6.34. The maximum Gasteiger partial charge on any atom is 0.227 e. The molecule has 92 valence electrons. The minimum Gasteiger partial charge on any atom is -0.324 e. The topological polar surface area (TPSA) is 29.1 Å². The number of carbonyl (C=O) groups is 1. The lowest BCUT2D eigenvalue weighted by molar-refractivity contribution is -0.119. The summed E-state index contributed by atoms with van der Waals surface area (Å²) in [5.74, 6) is 0.295. The van der Waals surface area contributed by atoms with Crippen molar-refractivity contribution < 1.29 is 4.79 Å². The molecule has 1 aromatic rings. The van der Waals surface area contributed by atoms with Gasteiger partial charge in [-0.15, -0.1) is 0 Å². The first-order chi connectivity index (χ1) is 8.08. The Morgan fingerprint density at radius 3 is 2.53 bits per heavy atom. The van der Waals surface area contributed by atoms with Gasteiger partial charge in [-0.1, -0.05) is 30.5 Å². The van der Waals surface area contributed by atoms with Crippen LogP contribution < -0.4 is 5.32 Å². The minimum absolute atomic E-state index is 0.122. The van der Waals surface area contributed by atoms with E-state index in [0.29, 0.717) is 5.02 Å². The van der Waals surface area contributed by atoms with Crippen LogP contribution in [0.4, 0.5) is 5.69 Å². The van der Waals surface area contributed by atoms with Crippen molar-refractivity contribution in [2.45, 2.75) is 39.5 Å². The highest BCUT2D eigenvalue weighted by atomic mass is 35.5. The number of halogens is 1. The summed E-state index contributed by atoms with van der Waals surface area (Å²) >= 11 is 6.17. The number of carbonyl (C=O) groups excluding carboxylic acids is 1. The molecule has 1 fully saturated rings. The van der Waals surface area contributed by atoms with Crippen LogP contribution in [0, 0.1) is 19.8 Å². The van der Waals surface area contributed by atoms with Crippen molar-refractivity contribution in [3.63, 3.8) is 0 Å². The Morgan fingerprint density at radius 1 is 1.29 bits per heavy atom. The fraction of sp³-hybridized carbons (Fsp3) is 0.500. The number of anilines is 1. The van der Waals surface area contributed by atoms with Crippen LogP contribution in [0.5, 0.6) is 0 Å². The summed E-state index contributed by atoms with van der Waals surface area (Å²) in [6, 6.07) is 3.93. The van der Waals surface area contributed by atoms with Crippen LogP contribution in [0.15, 0.2) is 12.1 Å². The number of nitrogens with one attached hydrogen (secondary N) is 1. The molecule has 2 nitrogen and oxygen atoms in total. The zero-order chi connectivity index (χ0) is 12.4. The first-order valence-electron chi connectivity index (χ1n) is 6.15. The van der Waals surface area contributed by atoms with E-state index in [1.165, 1.54) is 12.8 Å². The molecule has 0 heterocycles. The van der Waals surface area contributed by atoms with E-state index in [0.717, 1.165) is 29.7 Å². The number of rotatable bonds is 2. The third-order valence-corrected chi connectivity index (χ3v) is 3.70. The second-order valence-electron chi connectivity index (χ2n) is 4.91. The molecule has 0 aromatic heterocycles. The number of hydrogen-bond acceptors (Lipinski definition) is 1. The molecule has 2 rings (SSSR count). The lowest BCUT2D eigenvalue weighted by atomic mass is 10.1. The van der Waals surface area contributed by atoms with Gasteiger partial charge in [0.2, 0.25) is 5.91 Å². The Hall–Kier alpha value is -1.02. The summed E-state index contributed by atoms with van der Waals surface area (Å²) < 4.78 is 0. The molecule has 0 radical (unpaired) electrons. The van der Waals surface area contributed by atoms with Crippen molar-refractivity contribution in [2.24, 2.45) is 5.92 Å². The fourth-order valence-corrected chi connectivity index (χ4v) is 2.86. The van der Waals surface area contributed by atoms with Gasteiger partial charge in [-0.2, -0.15) is 0 Å². The molecule has 0 bridgehead atoms. The lowest BCUT2D eigenvalue weighted by Crippen LogP contribution is -2.21. The number of benzene rings is 1. The van der Waals surface area contributed by atoms with Gasteiger partial charge in [0.05, 0.1) is 10.7 Å². The van der Waals surface area contributed by atoms with Gasteiger partial charge in [0.15, 0.2) is 0 Å². The second-order valence-corrected chi connectivity index (χ2v) is 5.32. The van der Waals surface area contributed by atoms with Gasteiger partial charge in [-0.25, -0.2) is 0 Å². The van der Waals surface area contributed by atoms with Crippen molar-refractivity contribution in [2.75, 3.05) is 5.32 Å². The monoisotopic (exact) mass is 251 g/mol. The third kappa shape index (κ3) is 2.81. The van der Waals surface area contributed by atoms with E-state index in [9.17, 15) is 4.79 Å². The zero-order valence-electron chi connectivity index (χ0n) is 10.3. The van der Waals surface area contributed by atoms with Crippen LogP contribution in [0.25, 0.3) is 0 Å². The molecule has 17 heavy (non-hydrogen) atoms. The van der Waals surface area contributed by atoms with E-state index >= 15 is 0 Å². The summed E-state index contributed by atoms with van der Waals surface area (Å²) in [5, 5.41) is 3.61. The summed E-state index contributed by atoms with van der Waals surface area (Å²) in [6.07, 6.45) is 4.35. The van der Waals surface area contributed by atoms with Crippen molar-refractivity contribution in [1.29, 1.82) is 0 Å². The van der Waals surface area contributed by atoms with Crippen molar-refractivity contribution in [3.05, 3.63) is 28.3 Å². The van der Waals surface area contributed by atoms with Crippen LogP contribution in [0.1, 0.15) is 36.8 Å².